The molecule has 0 unspecified atom stereocenters. The Morgan fingerprint density at radius 3 is 2.44 bits per heavy atom. The summed E-state index contributed by atoms with van der Waals surface area (Å²) in [4.78, 5) is 4.44. The average Bonchev–Trinajstić information content (AvgIpc) is 3.13. The van der Waals surface area contributed by atoms with Crippen molar-refractivity contribution in [3.8, 4) is 22.6 Å². The highest BCUT2D eigenvalue weighted by molar-refractivity contribution is 5.65. The Morgan fingerprint density at radius 2 is 1.72 bits per heavy atom. The van der Waals surface area contributed by atoms with Crippen molar-refractivity contribution in [3.63, 3.8) is 0 Å². The molecule has 0 radical (unpaired) electrons. The Kier molecular flexibility index (Phi) is 3.49. The van der Waals surface area contributed by atoms with Gasteiger partial charge in [-0.3, -0.25) is 4.40 Å². The van der Waals surface area contributed by atoms with Gasteiger partial charge in [0.15, 0.2) is 0 Å². The first-order valence-electron chi connectivity index (χ1n) is 8.53. The van der Waals surface area contributed by atoms with Crippen LogP contribution in [0, 0.1) is 20.8 Å². The van der Waals surface area contributed by atoms with Crippen molar-refractivity contribution < 1.29 is 4.57 Å². The van der Waals surface area contributed by atoms with Crippen molar-refractivity contribution in [1.82, 2.24) is 14.0 Å². The summed E-state index contributed by atoms with van der Waals surface area (Å²) in [7, 11) is 4.20. The molecule has 0 spiro atoms. The zero-order chi connectivity index (χ0) is 17.7. The van der Waals surface area contributed by atoms with Gasteiger partial charge >= 0.3 is 0 Å². The van der Waals surface area contributed by atoms with Gasteiger partial charge in [0.1, 0.15) is 12.7 Å². The van der Waals surface area contributed by atoms with Gasteiger partial charge in [-0.25, -0.2) is 4.98 Å². The molecule has 0 amide bonds. The number of benzene rings is 1. The SMILES string of the molecule is Cc1ccc(-c2cc(C)cc(-c3cn4ccnc4n3C)[n+]2C)c(C)c1. The summed E-state index contributed by atoms with van der Waals surface area (Å²) in [6.45, 7) is 6.48. The third-order valence-corrected chi connectivity index (χ3v) is 4.94. The maximum Gasteiger partial charge on any atom is 0.231 e. The van der Waals surface area contributed by atoms with Gasteiger partial charge in [0, 0.05) is 43.3 Å². The van der Waals surface area contributed by atoms with Gasteiger partial charge in [-0.1, -0.05) is 17.7 Å². The van der Waals surface area contributed by atoms with Crippen LogP contribution in [0.2, 0.25) is 0 Å². The van der Waals surface area contributed by atoms with Gasteiger partial charge in [-0.15, -0.1) is 0 Å². The molecule has 3 aromatic heterocycles. The van der Waals surface area contributed by atoms with Crippen LogP contribution in [0.4, 0.5) is 0 Å². The van der Waals surface area contributed by atoms with Gasteiger partial charge < -0.3 is 4.57 Å². The van der Waals surface area contributed by atoms with E-state index in [2.05, 4.69) is 89.9 Å². The molecule has 25 heavy (non-hydrogen) atoms. The molecule has 1 aromatic carbocycles. The number of imidazole rings is 2. The summed E-state index contributed by atoms with van der Waals surface area (Å²) >= 11 is 0. The molecule has 4 nitrogen and oxygen atoms in total. The van der Waals surface area contributed by atoms with Gasteiger partial charge in [-0.05, 0) is 38.0 Å². The smallest absolute Gasteiger partial charge is 0.231 e. The van der Waals surface area contributed by atoms with E-state index in [0.717, 1.165) is 11.5 Å². The molecule has 126 valence electrons. The lowest BCUT2D eigenvalue weighted by molar-refractivity contribution is -0.649. The second-order valence-corrected chi connectivity index (χ2v) is 6.89. The zero-order valence-electron chi connectivity index (χ0n) is 15.4. The number of aromatic nitrogens is 4. The minimum Gasteiger partial charge on any atom is -0.308 e. The lowest BCUT2D eigenvalue weighted by Gasteiger charge is -2.10. The summed E-state index contributed by atoms with van der Waals surface area (Å²) < 4.78 is 6.48. The van der Waals surface area contributed by atoms with Crippen LogP contribution in [0.15, 0.2) is 48.9 Å². The molecule has 4 aromatic rings. The van der Waals surface area contributed by atoms with E-state index in [-0.39, 0.29) is 0 Å². The molecule has 4 heteroatoms. The molecule has 0 saturated heterocycles. The van der Waals surface area contributed by atoms with Gasteiger partial charge in [0.25, 0.3) is 0 Å². The number of rotatable bonds is 2. The molecule has 0 fully saturated rings. The first-order chi connectivity index (χ1) is 12.0. The second kappa shape index (κ2) is 5.59. The van der Waals surface area contributed by atoms with E-state index in [1.165, 1.54) is 33.6 Å². The Morgan fingerprint density at radius 1 is 0.960 bits per heavy atom. The van der Waals surface area contributed by atoms with Crippen LogP contribution in [0.5, 0.6) is 0 Å². The van der Waals surface area contributed by atoms with Crippen LogP contribution in [0.3, 0.4) is 0 Å². The van der Waals surface area contributed by atoms with Crippen LogP contribution in [0.25, 0.3) is 28.4 Å². The maximum absolute atomic E-state index is 4.44. The second-order valence-electron chi connectivity index (χ2n) is 6.89. The lowest BCUT2D eigenvalue weighted by atomic mass is 10.0. The normalized spacial score (nSPS) is 11.4. The lowest BCUT2D eigenvalue weighted by Crippen LogP contribution is -2.35. The quantitative estimate of drug-likeness (QED) is 0.514. The molecule has 0 aliphatic carbocycles. The molecule has 0 bridgehead atoms. The highest BCUT2D eigenvalue weighted by Crippen LogP contribution is 2.26. The van der Waals surface area contributed by atoms with E-state index >= 15 is 0 Å². The maximum atomic E-state index is 4.44. The summed E-state index contributed by atoms with van der Waals surface area (Å²) in [6, 6.07) is 11.1. The molecular formula is C21H23N4+. The van der Waals surface area contributed by atoms with E-state index in [1.807, 2.05) is 12.4 Å². The fourth-order valence-electron chi connectivity index (χ4n) is 3.63. The van der Waals surface area contributed by atoms with Crippen LogP contribution in [0.1, 0.15) is 16.7 Å². The predicted octanol–water partition coefficient (Wildman–Crippen LogP) is 3.76. The van der Waals surface area contributed by atoms with Crippen molar-refractivity contribution in [3.05, 3.63) is 65.6 Å². The Balaban J connectivity index is 1.97. The summed E-state index contributed by atoms with van der Waals surface area (Å²) in [5, 5.41) is 0. The summed E-state index contributed by atoms with van der Waals surface area (Å²) in [5.74, 6) is 0.949. The average molecular weight is 331 g/mol. The molecule has 0 saturated carbocycles. The third-order valence-electron chi connectivity index (χ3n) is 4.94. The number of nitrogens with zero attached hydrogens (tertiary/aromatic N) is 4. The summed E-state index contributed by atoms with van der Waals surface area (Å²) in [6.07, 6.45) is 5.96. The number of hydrogen-bond acceptors (Lipinski definition) is 1. The highest BCUT2D eigenvalue weighted by Gasteiger charge is 2.22. The van der Waals surface area contributed by atoms with Crippen LogP contribution in [-0.4, -0.2) is 14.0 Å². The molecule has 0 aliphatic heterocycles. The van der Waals surface area contributed by atoms with Crippen molar-refractivity contribution in [1.29, 1.82) is 0 Å². The first-order valence-corrected chi connectivity index (χ1v) is 8.53. The van der Waals surface area contributed by atoms with Gasteiger partial charge in [-0.2, -0.15) is 4.57 Å². The molecule has 0 N–H and O–H groups in total. The van der Waals surface area contributed by atoms with Crippen LogP contribution >= 0.6 is 0 Å². The number of aryl methyl sites for hydroxylation is 4. The van der Waals surface area contributed by atoms with Gasteiger partial charge in [0.2, 0.25) is 17.2 Å². The summed E-state index contributed by atoms with van der Waals surface area (Å²) in [5.41, 5.74) is 8.68. The predicted molar refractivity (Wildman–Crippen MR) is 100 cm³/mol. The van der Waals surface area contributed by atoms with Crippen molar-refractivity contribution >= 4 is 5.78 Å². The van der Waals surface area contributed by atoms with Crippen LogP contribution < -0.4 is 4.57 Å². The fraction of sp³-hybridized carbons (Fsp3) is 0.238. The Labute approximate surface area is 148 Å². The molecule has 3 heterocycles. The Bertz CT molecular complexity index is 1100. The zero-order valence-corrected chi connectivity index (χ0v) is 15.4. The molecule has 0 aliphatic rings. The van der Waals surface area contributed by atoms with Crippen LogP contribution in [-0.2, 0) is 14.1 Å². The van der Waals surface area contributed by atoms with Crippen molar-refractivity contribution in [2.75, 3.05) is 0 Å². The monoisotopic (exact) mass is 331 g/mol. The van der Waals surface area contributed by atoms with Gasteiger partial charge in [0.05, 0.1) is 0 Å². The van der Waals surface area contributed by atoms with E-state index in [9.17, 15) is 0 Å². The number of fused-ring (bicyclic) bond motifs is 1. The molecule has 4 rings (SSSR count). The van der Waals surface area contributed by atoms with E-state index < -0.39 is 0 Å². The molecular weight excluding hydrogens is 308 g/mol. The number of hydrogen-bond donors (Lipinski definition) is 0. The fourth-order valence-corrected chi connectivity index (χ4v) is 3.63. The minimum absolute atomic E-state index is 0.949. The van der Waals surface area contributed by atoms with Crippen molar-refractivity contribution in [2.24, 2.45) is 14.1 Å². The van der Waals surface area contributed by atoms with Crippen molar-refractivity contribution in [2.45, 2.75) is 20.8 Å². The van der Waals surface area contributed by atoms with E-state index in [0.29, 0.717) is 0 Å². The largest absolute Gasteiger partial charge is 0.308 e. The topological polar surface area (TPSA) is 26.1 Å². The standard InChI is InChI=1S/C21H23N4/c1-14-6-7-17(16(3)10-14)18-11-15(2)12-19(23(18)4)20-13-25-9-8-22-21(25)24(20)5/h6-13H,1-5H3/q+1. The molecule has 0 atom stereocenters. The van der Waals surface area contributed by atoms with E-state index in [1.54, 1.807) is 0 Å². The number of pyridine rings is 1. The third kappa shape index (κ3) is 2.45. The van der Waals surface area contributed by atoms with E-state index in [4.69, 9.17) is 0 Å². The highest BCUT2D eigenvalue weighted by atomic mass is 15.2. The Hall–Kier alpha value is -2.88. The first kappa shape index (κ1) is 15.6. The minimum atomic E-state index is 0.949.